The van der Waals surface area contributed by atoms with Crippen molar-refractivity contribution in [2.24, 2.45) is 5.73 Å². The number of hydrogen-bond donors (Lipinski definition) is 1. The van der Waals surface area contributed by atoms with Gasteiger partial charge in [0.1, 0.15) is 12.2 Å². The highest BCUT2D eigenvalue weighted by molar-refractivity contribution is 7.99. The molecule has 0 aliphatic carbocycles. The molecule has 0 bridgehead atoms. The lowest BCUT2D eigenvalue weighted by Gasteiger charge is -2.14. The molecule has 1 rings (SSSR count). The van der Waals surface area contributed by atoms with Gasteiger partial charge in [0.15, 0.2) is 0 Å². The number of aryl methyl sites for hydroxylation is 1. The van der Waals surface area contributed by atoms with E-state index in [0.29, 0.717) is 5.25 Å². The van der Waals surface area contributed by atoms with Crippen LogP contribution in [0.1, 0.15) is 39.4 Å². The third-order valence-corrected chi connectivity index (χ3v) is 4.27. The Labute approximate surface area is 108 Å². The van der Waals surface area contributed by atoms with Crippen LogP contribution in [-0.2, 0) is 13.0 Å². The molecule has 2 atom stereocenters. The molecule has 5 heteroatoms. The first-order chi connectivity index (χ1) is 8.17. The van der Waals surface area contributed by atoms with E-state index in [9.17, 15) is 0 Å². The van der Waals surface area contributed by atoms with Gasteiger partial charge >= 0.3 is 0 Å². The van der Waals surface area contributed by atoms with E-state index in [4.69, 9.17) is 5.73 Å². The van der Waals surface area contributed by atoms with Crippen molar-refractivity contribution >= 4 is 11.8 Å². The van der Waals surface area contributed by atoms with E-state index in [1.165, 1.54) is 6.42 Å². The molecule has 17 heavy (non-hydrogen) atoms. The van der Waals surface area contributed by atoms with Crippen LogP contribution in [0.15, 0.2) is 6.33 Å². The summed E-state index contributed by atoms with van der Waals surface area (Å²) >= 11 is 1.94. The minimum absolute atomic E-state index is 0.175. The molecular formula is C12H24N4S. The van der Waals surface area contributed by atoms with E-state index in [1.54, 1.807) is 6.33 Å². The Morgan fingerprint density at radius 1 is 1.47 bits per heavy atom. The molecular weight excluding hydrogens is 232 g/mol. The SMILES string of the molecule is CCCn1ncnc1CC(N)CSC(C)CC. The fourth-order valence-corrected chi connectivity index (χ4v) is 2.47. The number of nitrogens with two attached hydrogens (primary N) is 1. The summed E-state index contributed by atoms with van der Waals surface area (Å²) < 4.78 is 1.97. The molecule has 0 amide bonds. The molecule has 1 aromatic rings. The molecule has 0 saturated heterocycles. The molecule has 1 aromatic heterocycles. The first-order valence-corrected chi connectivity index (χ1v) is 7.46. The summed E-state index contributed by atoms with van der Waals surface area (Å²) in [5.41, 5.74) is 6.13. The van der Waals surface area contributed by atoms with E-state index in [0.717, 1.165) is 31.0 Å². The van der Waals surface area contributed by atoms with Crippen molar-refractivity contribution in [3.63, 3.8) is 0 Å². The maximum atomic E-state index is 6.13. The molecule has 0 aliphatic rings. The van der Waals surface area contributed by atoms with E-state index in [-0.39, 0.29) is 6.04 Å². The number of rotatable bonds is 8. The second-order valence-electron chi connectivity index (χ2n) is 4.42. The van der Waals surface area contributed by atoms with Crippen molar-refractivity contribution in [3.8, 4) is 0 Å². The lowest BCUT2D eigenvalue weighted by atomic mass is 10.2. The van der Waals surface area contributed by atoms with Gasteiger partial charge < -0.3 is 5.73 Å². The maximum absolute atomic E-state index is 6.13. The summed E-state index contributed by atoms with van der Waals surface area (Å²) in [7, 11) is 0. The molecule has 2 unspecified atom stereocenters. The van der Waals surface area contributed by atoms with Crippen LogP contribution < -0.4 is 5.73 Å². The van der Waals surface area contributed by atoms with Gasteiger partial charge in [-0.15, -0.1) is 0 Å². The van der Waals surface area contributed by atoms with Gasteiger partial charge in [-0.25, -0.2) is 4.98 Å². The molecule has 0 saturated carbocycles. The zero-order chi connectivity index (χ0) is 12.7. The zero-order valence-corrected chi connectivity index (χ0v) is 11.9. The molecule has 0 spiro atoms. The minimum Gasteiger partial charge on any atom is -0.327 e. The van der Waals surface area contributed by atoms with Crippen molar-refractivity contribution in [1.29, 1.82) is 0 Å². The van der Waals surface area contributed by atoms with Crippen molar-refractivity contribution in [1.82, 2.24) is 14.8 Å². The molecule has 0 radical (unpaired) electrons. The van der Waals surface area contributed by atoms with Gasteiger partial charge in [0.05, 0.1) is 0 Å². The van der Waals surface area contributed by atoms with Crippen LogP contribution >= 0.6 is 11.8 Å². The normalized spacial score (nSPS) is 14.8. The Balaban J connectivity index is 2.39. The summed E-state index contributed by atoms with van der Waals surface area (Å²) in [6.45, 7) is 7.53. The highest BCUT2D eigenvalue weighted by Gasteiger charge is 2.11. The van der Waals surface area contributed by atoms with Gasteiger partial charge in [-0.1, -0.05) is 20.8 Å². The third-order valence-electron chi connectivity index (χ3n) is 2.75. The first-order valence-electron chi connectivity index (χ1n) is 6.41. The van der Waals surface area contributed by atoms with Crippen LogP contribution in [0.2, 0.25) is 0 Å². The predicted octanol–water partition coefficient (Wildman–Crippen LogP) is 2.09. The Morgan fingerprint density at radius 3 is 2.88 bits per heavy atom. The summed E-state index contributed by atoms with van der Waals surface area (Å²) in [6.07, 6.45) is 4.72. The monoisotopic (exact) mass is 256 g/mol. The standard InChI is InChI=1S/C12H24N4S/c1-4-6-16-12(14-9-15-16)7-11(13)8-17-10(3)5-2/h9-11H,4-8,13H2,1-3H3. The molecule has 1 heterocycles. The van der Waals surface area contributed by atoms with Gasteiger partial charge in [0, 0.05) is 30.0 Å². The van der Waals surface area contributed by atoms with Gasteiger partial charge in [-0.05, 0) is 12.8 Å². The van der Waals surface area contributed by atoms with Crippen LogP contribution in [0.3, 0.4) is 0 Å². The molecule has 4 nitrogen and oxygen atoms in total. The minimum atomic E-state index is 0.175. The lowest BCUT2D eigenvalue weighted by molar-refractivity contribution is 0.552. The van der Waals surface area contributed by atoms with Crippen LogP contribution in [0.25, 0.3) is 0 Å². The summed E-state index contributed by atoms with van der Waals surface area (Å²) in [5, 5.41) is 4.90. The lowest BCUT2D eigenvalue weighted by Crippen LogP contribution is -2.28. The third kappa shape index (κ3) is 5.08. The fraction of sp³-hybridized carbons (Fsp3) is 0.833. The molecule has 0 aliphatic heterocycles. The quantitative estimate of drug-likeness (QED) is 0.774. The second-order valence-corrected chi connectivity index (χ2v) is 5.89. The summed E-state index contributed by atoms with van der Waals surface area (Å²) in [4.78, 5) is 4.28. The maximum Gasteiger partial charge on any atom is 0.138 e. The van der Waals surface area contributed by atoms with E-state index in [2.05, 4.69) is 30.9 Å². The number of nitrogens with zero attached hydrogens (tertiary/aromatic N) is 3. The average molecular weight is 256 g/mol. The average Bonchev–Trinajstić information content (AvgIpc) is 2.74. The molecule has 0 aromatic carbocycles. The highest BCUT2D eigenvalue weighted by Crippen LogP contribution is 2.15. The molecule has 98 valence electrons. The van der Waals surface area contributed by atoms with Crippen LogP contribution in [0.4, 0.5) is 0 Å². The van der Waals surface area contributed by atoms with E-state index >= 15 is 0 Å². The predicted molar refractivity (Wildman–Crippen MR) is 74.2 cm³/mol. The number of thioether (sulfide) groups is 1. The topological polar surface area (TPSA) is 56.7 Å². The van der Waals surface area contributed by atoms with Crippen molar-refractivity contribution in [3.05, 3.63) is 12.2 Å². The smallest absolute Gasteiger partial charge is 0.138 e. The number of aromatic nitrogens is 3. The number of hydrogen-bond acceptors (Lipinski definition) is 4. The van der Waals surface area contributed by atoms with Gasteiger partial charge in [-0.3, -0.25) is 4.68 Å². The Hall–Kier alpha value is -0.550. The second kappa shape index (κ2) is 7.71. The van der Waals surface area contributed by atoms with Gasteiger partial charge in [0.2, 0.25) is 0 Å². The zero-order valence-electron chi connectivity index (χ0n) is 11.1. The fourth-order valence-electron chi connectivity index (χ4n) is 1.54. The Bertz CT molecular complexity index is 313. The first kappa shape index (κ1) is 14.5. The van der Waals surface area contributed by atoms with E-state index < -0.39 is 0 Å². The van der Waals surface area contributed by atoms with E-state index in [1.807, 2.05) is 16.4 Å². The van der Waals surface area contributed by atoms with Crippen LogP contribution in [0, 0.1) is 0 Å². The molecule has 0 fully saturated rings. The van der Waals surface area contributed by atoms with Crippen LogP contribution in [0.5, 0.6) is 0 Å². The summed E-state index contributed by atoms with van der Waals surface area (Å²) in [6, 6.07) is 0.175. The summed E-state index contributed by atoms with van der Waals surface area (Å²) in [5.74, 6) is 2.01. The van der Waals surface area contributed by atoms with Gasteiger partial charge in [-0.2, -0.15) is 16.9 Å². The highest BCUT2D eigenvalue weighted by atomic mass is 32.2. The Kier molecular flexibility index (Phi) is 6.58. The Morgan fingerprint density at radius 2 is 2.24 bits per heavy atom. The van der Waals surface area contributed by atoms with Crippen molar-refractivity contribution < 1.29 is 0 Å². The van der Waals surface area contributed by atoms with Crippen molar-refractivity contribution in [2.45, 2.75) is 57.9 Å². The largest absolute Gasteiger partial charge is 0.327 e. The van der Waals surface area contributed by atoms with Crippen LogP contribution in [-0.4, -0.2) is 31.8 Å². The van der Waals surface area contributed by atoms with Gasteiger partial charge in [0.25, 0.3) is 0 Å². The molecule has 2 N–H and O–H groups in total. The van der Waals surface area contributed by atoms with Crippen molar-refractivity contribution in [2.75, 3.05) is 5.75 Å².